The van der Waals surface area contributed by atoms with E-state index < -0.39 is 5.41 Å². The number of nitrogens with zero attached hydrogens (tertiary/aromatic N) is 3. The van der Waals surface area contributed by atoms with Gasteiger partial charge in [0.15, 0.2) is 0 Å². The van der Waals surface area contributed by atoms with Crippen molar-refractivity contribution in [2.24, 2.45) is 0 Å². The summed E-state index contributed by atoms with van der Waals surface area (Å²) in [7, 11) is 0. The molecule has 3 aromatic carbocycles. The Hall–Kier alpha value is -3.98. The van der Waals surface area contributed by atoms with Crippen LogP contribution in [0.1, 0.15) is 54.0 Å². The van der Waals surface area contributed by atoms with Gasteiger partial charge in [0.1, 0.15) is 24.0 Å². The molecular weight excluding hydrogens is 542 g/mol. The number of hydrogen-bond acceptors (Lipinski definition) is 4. The molecule has 0 aliphatic carbocycles. The average Bonchev–Trinajstić information content (AvgIpc) is 3.26. The van der Waals surface area contributed by atoms with Gasteiger partial charge in [-0.2, -0.15) is 5.10 Å². The van der Waals surface area contributed by atoms with E-state index in [0.29, 0.717) is 5.82 Å². The van der Waals surface area contributed by atoms with E-state index in [0.717, 1.165) is 33.6 Å². The van der Waals surface area contributed by atoms with Crippen molar-refractivity contribution in [2.45, 2.75) is 44.9 Å². The van der Waals surface area contributed by atoms with Crippen molar-refractivity contribution in [2.75, 3.05) is 17.2 Å². The van der Waals surface area contributed by atoms with E-state index in [1.807, 2.05) is 37.3 Å². The first-order chi connectivity index (χ1) is 19.5. The Balaban J connectivity index is 1.63. The summed E-state index contributed by atoms with van der Waals surface area (Å²) >= 11 is 1.40. The number of benzene rings is 3. The lowest BCUT2D eigenvalue weighted by atomic mass is 9.87. The molecule has 2 heterocycles. The lowest BCUT2D eigenvalue weighted by Gasteiger charge is -2.24. The highest BCUT2D eigenvalue weighted by Gasteiger charge is 2.40. The van der Waals surface area contributed by atoms with Crippen molar-refractivity contribution in [1.29, 1.82) is 0 Å². The molecule has 0 saturated carbocycles. The van der Waals surface area contributed by atoms with Crippen LogP contribution in [0.5, 0.6) is 0 Å². The summed E-state index contributed by atoms with van der Waals surface area (Å²) in [6.45, 7) is 8.11. The van der Waals surface area contributed by atoms with Gasteiger partial charge in [0.25, 0.3) is 0 Å². The standard InChI is InChI=1S/C32H32F2N4O2S/c1-20-8-14-25(15-9-20)38-31-28(30(36-38)32(2,3)4)29(22-6-5-7-24(34)16-22)41-19-27(40)37(31)18-26(39)35-17-21-10-12-23(33)13-11-21/h5-16,29H,17-19H2,1-4H3,(H,35,39)/t29-/m0/s1. The van der Waals surface area contributed by atoms with Crippen molar-refractivity contribution in [3.05, 3.63) is 112 Å². The summed E-state index contributed by atoms with van der Waals surface area (Å²) in [6.07, 6.45) is 0. The lowest BCUT2D eigenvalue weighted by Crippen LogP contribution is -2.42. The largest absolute Gasteiger partial charge is 0.350 e. The van der Waals surface area contributed by atoms with Crippen LogP contribution in [0.15, 0.2) is 72.8 Å². The first-order valence-electron chi connectivity index (χ1n) is 13.4. The minimum atomic E-state index is -0.421. The Morgan fingerprint density at radius 3 is 2.39 bits per heavy atom. The summed E-state index contributed by atoms with van der Waals surface area (Å²) in [5, 5.41) is 7.51. The molecule has 41 heavy (non-hydrogen) atoms. The number of carbonyl (C=O) groups excluding carboxylic acids is 2. The van der Waals surface area contributed by atoms with Crippen molar-refractivity contribution in [3.8, 4) is 5.69 Å². The highest BCUT2D eigenvalue weighted by molar-refractivity contribution is 8.00. The van der Waals surface area contributed by atoms with E-state index in [9.17, 15) is 18.4 Å². The number of carbonyl (C=O) groups is 2. The van der Waals surface area contributed by atoms with Crippen molar-refractivity contribution < 1.29 is 18.4 Å². The molecule has 0 saturated heterocycles. The number of thioether (sulfide) groups is 1. The maximum absolute atomic E-state index is 14.4. The molecule has 4 aromatic rings. The molecule has 0 fully saturated rings. The number of aromatic nitrogens is 2. The minimum Gasteiger partial charge on any atom is -0.350 e. The Morgan fingerprint density at radius 1 is 1.02 bits per heavy atom. The number of anilines is 1. The monoisotopic (exact) mass is 574 g/mol. The number of nitrogens with one attached hydrogen (secondary N) is 1. The Morgan fingerprint density at radius 2 is 1.73 bits per heavy atom. The van der Waals surface area contributed by atoms with E-state index in [4.69, 9.17) is 5.10 Å². The van der Waals surface area contributed by atoms with Gasteiger partial charge in [-0.05, 0) is 54.4 Å². The molecule has 0 spiro atoms. The minimum absolute atomic E-state index is 0.0958. The van der Waals surface area contributed by atoms with Gasteiger partial charge in [0.2, 0.25) is 11.8 Å². The molecule has 0 bridgehead atoms. The third-order valence-electron chi connectivity index (χ3n) is 6.93. The zero-order valence-electron chi connectivity index (χ0n) is 23.4. The molecule has 1 aliphatic heterocycles. The smallest absolute Gasteiger partial charge is 0.240 e. The lowest BCUT2D eigenvalue weighted by molar-refractivity contribution is -0.123. The number of halogens is 2. The van der Waals surface area contributed by atoms with Crippen molar-refractivity contribution in [3.63, 3.8) is 0 Å². The van der Waals surface area contributed by atoms with Crippen LogP contribution in [0.4, 0.5) is 14.6 Å². The van der Waals surface area contributed by atoms with Crippen LogP contribution in [-0.2, 0) is 21.5 Å². The van der Waals surface area contributed by atoms with Crippen LogP contribution in [0, 0.1) is 18.6 Å². The van der Waals surface area contributed by atoms with Gasteiger partial charge in [-0.3, -0.25) is 14.5 Å². The molecule has 1 atom stereocenters. The van der Waals surface area contributed by atoms with Crippen molar-refractivity contribution >= 4 is 29.4 Å². The average molecular weight is 575 g/mol. The second kappa shape index (κ2) is 11.5. The van der Waals surface area contributed by atoms with E-state index in [-0.39, 0.29) is 47.5 Å². The molecule has 5 rings (SSSR count). The maximum atomic E-state index is 14.4. The van der Waals surface area contributed by atoms with Crippen LogP contribution in [0.25, 0.3) is 5.69 Å². The molecule has 1 N–H and O–H groups in total. The summed E-state index contributed by atoms with van der Waals surface area (Å²) < 4.78 is 29.5. The first-order valence-corrected chi connectivity index (χ1v) is 14.4. The molecular formula is C32H32F2N4O2S. The third-order valence-corrected chi connectivity index (χ3v) is 8.19. The van der Waals surface area contributed by atoms with Gasteiger partial charge in [-0.25, -0.2) is 13.5 Å². The predicted octanol–water partition coefficient (Wildman–Crippen LogP) is 6.24. The van der Waals surface area contributed by atoms with E-state index in [2.05, 4.69) is 26.1 Å². The first kappa shape index (κ1) is 28.5. The fourth-order valence-corrected chi connectivity index (χ4v) is 6.06. The van der Waals surface area contributed by atoms with E-state index >= 15 is 0 Å². The van der Waals surface area contributed by atoms with Crippen molar-refractivity contribution in [1.82, 2.24) is 15.1 Å². The molecule has 9 heteroatoms. The second-order valence-corrected chi connectivity index (χ2v) is 12.3. The Bertz CT molecular complexity index is 1580. The van der Waals surface area contributed by atoms with Gasteiger partial charge in [-0.1, -0.05) is 62.7 Å². The number of amides is 2. The highest BCUT2D eigenvalue weighted by atomic mass is 32.2. The van der Waals surface area contributed by atoms with Crippen LogP contribution >= 0.6 is 11.8 Å². The van der Waals surface area contributed by atoms with Gasteiger partial charge in [0, 0.05) is 17.5 Å². The van der Waals surface area contributed by atoms with Gasteiger partial charge >= 0.3 is 0 Å². The Kier molecular flexibility index (Phi) is 8.00. The van der Waals surface area contributed by atoms with Gasteiger partial charge in [-0.15, -0.1) is 11.8 Å². The topological polar surface area (TPSA) is 67.2 Å². The summed E-state index contributed by atoms with van der Waals surface area (Å²) in [4.78, 5) is 28.5. The maximum Gasteiger partial charge on any atom is 0.240 e. The fourth-order valence-electron chi connectivity index (χ4n) is 4.87. The van der Waals surface area contributed by atoms with E-state index in [1.54, 1.807) is 22.9 Å². The van der Waals surface area contributed by atoms with E-state index in [1.165, 1.54) is 40.9 Å². The SMILES string of the molecule is Cc1ccc(-n2nc(C(C)(C)C)c3c2N(CC(=O)NCc2ccc(F)cc2)C(=O)CS[C@H]3c2cccc(F)c2)cc1. The van der Waals surface area contributed by atoms with Gasteiger partial charge in [0.05, 0.1) is 22.4 Å². The molecule has 0 unspecified atom stereocenters. The molecule has 1 aliphatic rings. The molecule has 6 nitrogen and oxygen atoms in total. The van der Waals surface area contributed by atoms with Crippen LogP contribution in [-0.4, -0.2) is 33.9 Å². The normalized spacial score (nSPS) is 15.4. The summed E-state index contributed by atoms with van der Waals surface area (Å²) in [5.41, 5.74) is 4.41. The molecule has 0 radical (unpaired) electrons. The zero-order valence-corrected chi connectivity index (χ0v) is 24.3. The third kappa shape index (κ3) is 6.20. The quantitative estimate of drug-likeness (QED) is 0.296. The zero-order chi connectivity index (χ0) is 29.3. The fraction of sp³-hybridized carbons (Fsp3) is 0.281. The molecule has 1 aromatic heterocycles. The molecule has 2 amide bonds. The predicted molar refractivity (Wildman–Crippen MR) is 158 cm³/mol. The van der Waals surface area contributed by atoms with Crippen LogP contribution < -0.4 is 10.2 Å². The van der Waals surface area contributed by atoms with Gasteiger partial charge < -0.3 is 5.32 Å². The Labute approximate surface area is 242 Å². The second-order valence-electron chi connectivity index (χ2n) is 11.2. The number of fused-ring (bicyclic) bond motifs is 1. The number of aryl methyl sites for hydroxylation is 1. The summed E-state index contributed by atoms with van der Waals surface area (Å²) in [6, 6.07) is 20.1. The number of hydrogen-bond donors (Lipinski definition) is 1. The summed E-state index contributed by atoms with van der Waals surface area (Å²) in [5.74, 6) is -0.733. The highest BCUT2D eigenvalue weighted by Crippen LogP contribution is 2.48. The molecule has 212 valence electrons. The van der Waals surface area contributed by atoms with Crippen LogP contribution in [0.3, 0.4) is 0 Å². The van der Waals surface area contributed by atoms with Crippen LogP contribution in [0.2, 0.25) is 0 Å². The number of rotatable bonds is 6.